The first kappa shape index (κ1) is 37.0. The lowest BCUT2D eigenvalue weighted by Gasteiger charge is -2.44. The average molecular weight is 612 g/mol. The number of hydrogen-bond donors (Lipinski definition) is 1. The van der Waals surface area contributed by atoms with Crippen LogP contribution in [0.5, 0.6) is 0 Å². The van der Waals surface area contributed by atoms with Gasteiger partial charge in [0.25, 0.3) is 0 Å². The number of hydrogen-bond acceptors (Lipinski definition) is 3. The van der Waals surface area contributed by atoms with Crippen molar-refractivity contribution in [2.75, 3.05) is 19.6 Å². The molecule has 0 radical (unpaired) electrons. The van der Waals surface area contributed by atoms with Crippen LogP contribution in [0.3, 0.4) is 0 Å². The van der Waals surface area contributed by atoms with Crippen molar-refractivity contribution in [3.05, 3.63) is 101 Å². The molecule has 1 aliphatic heterocycles. The van der Waals surface area contributed by atoms with Gasteiger partial charge in [-0.3, -0.25) is 0 Å². The summed E-state index contributed by atoms with van der Waals surface area (Å²) in [6.45, 7) is 17.0. The molecular weight excluding hydrogens is 562 g/mol. The minimum Gasteiger partial charge on any atom is -0.307 e. The van der Waals surface area contributed by atoms with Crippen molar-refractivity contribution in [1.29, 1.82) is 5.26 Å². The molecule has 2 aliphatic rings. The number of alkyl halides is 3. The number of benzene rings is 2. The number of rotatable bonds is 8. The van der Waals surface area contributed by atoms with E-state index in [2.05, 4.69) is 61.0 Å². The molecule has 2 aromatic rings. The molecule has 0 atom stereocenters. The molecule has 44 heavy (non-hydrogen) atoms. The smallest absolute Gasteiger partial charge is 0.307 e. The van der Waals surface area contributed by atoms with Crippen LogP contribution in [-0.2, 0) is 6.18 Å². The highest BCUT2D eigenvalue weighted by atomic mass is 19.4. The summed E-state index contributed by atoms with van der Waals surface area (Å²) in [6.07, 6.45) is 11.1. The van der Waals surface area contributed by atoms with Gasteiger partial charge in [0.1, 0.15) is 5.82 Å². The summed E-state index contributed by atoms with van der Waals surface area (Å²) in [6, 6.07) is 13.8. The van der Waals surface area contributed by atoms with Crippen LogP contribution >= 0.6 is 0 Å². The van der Waals surface area contributed by atoms with Gasteiger partial charge in [0.15, 0.2) is 0 Å². The van der Waals surface area contributed by atoms with E-state index in [1.165, 1.54) is 75.8 Å². The molecule has 1 saturated heterocycles. The second-order valence-corrected chi connectivity index (χ2v) is 11.6. The molecule has 2 aromatic carbocycles. The van der Waals surface area contributed by atoms with Gasteiger partial charge in [0.2, 0.25) is 0 Å². The molecule has 0 aromatic heterocycles. The lowest BCUT2D eigenvalue weighted by atomic mass is 9.83. The van der Waals surface area contributed by atoms with Crippen molar-refractivity contribution in [2.24, 2.45) is 0 Å². The Hall–Kier alpha value is -3.21. The van der Waals surface area contributed by atoms with Gasteiger partial charge in [0.05, 0.1) is 17.2 Å². The summed E-state index contributed by atoms with van der Waals surface area (Å²) >= 11 is 0. The Labute approximate surface area is 262 Å². The van der Waals surface area contributed by atoms with Gasteiger partial charge in [0, 0.05) is 31.2 Å². The lowest BCUT2D eigenvalue weighted by molar-refractivity contribution is -0.140. The Balaban J connectivity index is 0.000000403. The standard InChI is InChI=1S/C27H37N3.C8H6F4.C2H6/c1-4-24(25-10-7-9-23(19-25)20-28)11-8-14-27(29-21-22(2)3)15-17-30(18-16-27)26-12-5-6-13-26;1-5-2-3-7(9)6(4-5)8(10,11)12;1-2/h4,7-11,19,26,29H,2,5-6,12-18,21H2,1,3H3;2-4H,1H3;1-2H3/b11-8-,24-4+;;. The quantitative estimate of drug-likeness (QED) is 0.183. The molecule has 0 spiro atoms. The van der Waals surface area contributed by atoms with E-state index in [0.29, 0.717) is 11.1 Å². The van der Waals surface area contributed by atoms with Gasteiger partial charge < -0.3 is 10.2 Å². The van der Waals surface area contributed by atoms with Gasteiger partial charge >= 0.3 is 6.18 Å². The first-order valence-corrected chi connectivity index (χ1v) is 15.8. The maximum absolute atomic E-state index is 12.5. The van der Waals surface area contributed by atoms with E-state index < -0.39 is 17.6 Å². The Morgan fingerprint density at radius 3 is 2.32 bits per heavy atom. The van der Waals surface area contributed by atoms with Gasteiger partial charge in [-0.2, -0.15) is 18.4 Å². The van der Waals surface area contributed by atoms with Crippen LogP contribution in [0.4, 0.5) is 17.6 Å². The molecule has 1 heterocycles. The van der Waals surface area contributed by atoms with Crippen molar-refractivity contribution < 1.29 is 17.6 Å². The highest BCUT2D eigenvalue weighted by Gasteiger charge is 2.36. The molecule has 7 heteroatoms. The molecule has 2 fully saturated rings. The number of piperidine rings is 1. The summed E-state index contributed by atoms with van der Waals surface area (Å²) < 4.78 is 48.5. The van der Waals surface area contributed by atoms with E-state index in [-0.39, 0.29) is 5.54 Å². The van der Waals surface area contributed by atoms with Crippen molar-refractivity contribution in [3.63, 3.8) is 0 Å². The fourth-order valence-electron chi connectivity index (χ4n) is 5.77. The van der Waals surface area contributed by atoms with Gasteiger partial charge in [-0.05, 0) is 88.3 Å². The largest absolute Gasteiger partial charge is 0.419 e. The maximum atomic E-state index is 12.5. The average Bonchev–Trinajstić information content (AvgIpc) is 3.56. The minimum absolute atomic E-state index is 0.151. The monoisotopic (exact) mass is 611 g/mol. The van der Waals surface area contributed by atoms with E-state index in [4.69, 9.17) is 0 Å². The number of likely N-dealkylation sites (tertiary alicyclic amines) is 1. The second-order valence-electron chi connectivity index (χ2n) is 11.6. The highest BCUT2D eigenvalue weighted by molar-refractivity contribution is 5.74. The number of aryl methyl sites for hydroxylation is 1. The van der Waals surface area contributed by atoms with E-state index in [0.717, 1.165) is 36.7 Å². The summed E-state index contributed by atoms with van der Waals surface area (Å²) in [4.78, 5) is 2.74. The zero-order valence-corrected chi connectivity index (χ0v) is 27.0. The molecule has 1 aliphatic carbocycles. The van der Waals surface area contributed by atoms with Gasteiger partial charge in [-0.25, -0.2) is 4.39 Å². The molecule has 1 saturated carbocycles. The number of nitrogens with one attached hydrogen (secondary N) is 1. The fraction of sp³-hybridized carbons (Fsp3) is 0.486. The van der Waals surface area contributed by atoms with Crippen molar-refractivity contribution in [1.82, 2.24) is 10.2 Å². The molecular formula is C37H49F4N3. The van der Waals surface area contributed by atoms with Crippen LogP contribution in [0.15, 0.2) is 72.8 Å². The Morgan fingerprint density at radius 2 is 1.77 bits per heavy atom. The minimum atomic E-state index is -4.60. The third kappa shape index (κ3) is 11.4. The molecule has 0 unspecified atom stereocenters. The van der Waals surface area contributed by atoms with Crippen LogP contribution in [0.2, 0.25) is 0 Å². The number of halogens is 4. The van der Waals surface area contributed by atoms with E-state index >= 15 is 0 Å². The first-order valence-electron chi connectivity index (χ1n) is 15.8. The lowest BCUT2D eigenvalue weighted by Crippen LogP contribution is -2.55. The van der Waals surface area contributed by atoms with E-state index in [1.807, 2.05) is 32.0 Å². The molecule has 1 N–H and O–H groups in total. The van der Waals surface area contributed by atoms with Crippen LogP contribution in [0.25, 0.3) is 5.57 Å². The van der Waals surface area contributed by atoms with Crippen molar-refractivity contribution >= 4 is 5.57 Å². The van der Waals surface area contributed by atoms with Gasteiger partial charge in [-0.1, -0.05) is 80.8 Å². The van der Waals surface area contributed by atoms with Crippen molar-refractivity contribution in [2.45, 2.75) is 97.3 Å². The SMILES string of the molecule is C=C(C)CNC1(C/C=C\C(=C/C)c2cccc(C#N)c2)CCN(C2CCCC2)CC1.CC.Cc1ccc(F)c(C(F)(F)F)c1. The second kappa shape index (κ2) is 17.9. The Bertz CT molecular complexity index is 1290. The molecule has 0 bridgehead atoms. The number of nitriles is 1. The van der Waals surface area contributed by atoms with E-state index in [9.17, 15) is 22.8 Å². The molecule has 240 valence electrons. The number of nitrogens with zero attached hydrogens (tertiary/aromatic N) is 2. The maximum Gasteiger partial charge on any atom is 0.419 e. The Morgan fingerprint density at radius 1 is 1.11 bits per heavy atom. The normalized spacial score (nSPS) is 17.3. The summed E-state index contributed by atoms with van der Waals surface area (Å²) in [7, 11) is 0. The summed E-state index contributed by atoms with van der Waals surface area (Å²) in [5, 5.41) is 13.0. The molecule has 3 nitrogen and oxygen atoms in total. The molecule has 0 amide bonds. The Kier molecular flexibility index (Phi) is 15.1. The van der Waals surface area contributed by atoms with E-state index in [1.54, 1.807) is 0 Å². The van der Waals surface area contributed by atoms with Crippen LogP contribution in [0, 0.1) is 24.1 Å². The fourth-order valence-corrected chi connectivity index (χ4v) is 5.77. The highest BCUT2D eigenvalue weighted by Crippen LogP contribution is 2.33. The van der Waals surface area contributed by atoms with Crippen LogP contribution in [-0.4, -0.2) is 36.1 Å². The predicted octanol–water partition coefficient (Wildman–Crippen LogP) is 10.0. The first-order chi connectivity index (χ1) is 21.0. The summed E-state index contributed by atoms with van der Waals surface area (Å²) in [5.74, 6) is -1.23. The third-order valence-electron chi connectivity index (χ3n) is 8.23. The van der Waals surface area contributed by atoms with Gasteiger partial charge in [-0.15, -0.1) is 0 Å². The summed E-state index contributed by atoms with van der Waals surface area (Å²) in [5.41, 5.74) is 3.51. The zero-order chi connectivity index (χ0) is 32.8. The molecule has 4 rings (SSSR count). The predicted molar refractivity (Wildman–Crippen MR) is 175 cm³/mol. The van der Waals surface area contributed by atoms with Crippen LogP contribution < -0.4 is 5.32 Å². The third-order valence-corrected chi connectivity index (χ3v) is 8.23. The number of allylic oxidation sites excluding steroid dienone is 3. The zero-order valence-electron chi connectivity index (χ0n) is 27.0. The topological polar surface area (TPSA) is 39.1 Å². The van der Waals surface area contributed by atoms with Crippen LogP contribution in [0.1, 0.15) is 94.9 Å². The van der Waals surface area contributed by atoms with Crippen molar-refractivity contribution in [3.8, 4) is 6.07 Å².